The molecule has 1 heterocycles. The molecule has 0 spiro atoms. The summed E-state index contributed by atoms with van der Waals surface area (Å²) in [4.78, 5) is 11.2. The van der Waals surface area contributed by atoms with Gasteiger partial charge in [0.15, 0.2) is 23.5 Å². The summed E-state index contributed by atoms with van der Waals surface area (Å²) >= 11 is 0. The zero-order valence-corrected chi connectivity index (χ0v) is 9.61. The van der Waals surface area contributed by atoms with Gasteiger partial charge in [-0.3, -0.25) is 4.79 Å². The minimum Gasteiger partial charge on any atom is -0.370 e. The van der Waals surface area contributed by atoms with Crippen molar-refractivity contribution in [3.63, 3.8) is 0 Å². The number of rotatable bonds is 1. The summed E-state index contributed by atoms with van der Waals surface area (Å²) in [6, 6.07) is -0.841. The average molecular weight is 277 g/mol. The Kier molecular flexibility index (Phi) is 3.07. The first kappa shape index (κ1) is 13.5. The number of anilines is 1. The molecule has 7 heteroatoms. The van der Waals surface area contributed by atoms with Crippen LogP contribution >= 0.6 is 0 Å². The molecule has 19 heavy (non-hydrogen) atoms. The number of alkyl halides is 3. The number of benzene rings is 1. The molecular formula is C12H8F5NO. The zero-order chi connectivity index (χ0) is 14.4. The third-order valence-corrected chi connectivity index (χ3v) is 2.75. The van der Waals surface area contributed by atoms with Gasteiger partial charge in [-0.1, -0.05) is 0 Å². The van der Waals surface area contributed by atoms with Crippen molar-refractivity contribution in [2.24, 2.45) is 0 Å². The van der Waals surface area contributed by atoms with Gasteiger partial charge in [0.25, 0.3) is 0 Å². The van der Waals surface area contributed by atoms with Gasteiger partial charge in [-0.15, -0.1) is 0 Å². The van der Waals surface area contributed by atoms with Crippen LogP contribution < -0.4 is 5.32 Å². The average Bonchev–Trinajstić information content (AvgIpc) is 2.27. The molecule has 1 aliphatic rings. The molecule has 0 fully saturated rings. The van der Waals surface area contributed by atoms with Crippen molar-refractivity contribution in [1.29, 1.82) is 0 Å². The maximum atomic E-state index is 13.0. The number of hydrogen-bond donors (Lipinski definition) is 1. The Morgan fingerprint density at radius 2 is 1.79 bits per heavy atom. The maximum Gasteiger partial charge on any atom is 0.412 e. The van der Waals surface area contributed by atoms with E-state index in [0.717, 1.165) is 19.1 Å². The third kappa shape index (κ3) is 2.45. The first-order valence-corrected chi connectivity index (χ1v) is 5.25. The van der Waals surface area contributed by atoms with Crippen LogP contribution in [0.25, 0.3) is 6.08 Å². The van der Waals surface area contributed by atoms with Gasteiger partial charge in [0, 0.05) is 22.9 Å². The lowest BCUT2D eigenvalue weighted by molar-refractivity contribution is -0.139. The zero-order valence-electron chi connectivity index (χ0n) is 9.61. The minimum atomic E-state index is -4.71. The fourth-order valence-electron chi connectivity index (χ4n) is 1.85. The Labute approximate surface area is 104 Å². The van der Waals surface area contributed by atoms with Crippen molar-refractivity contribution in [3.05, 3.63) is 34.9 Å². The fraction of sp³-hybridized carbons (Fsp3) is 0.250. The molecule has 1 aromatic rings. The van der Waals surface area contributed by atoms with Crippen LogP contribution in [0.1, 0.15) is 12.5 Å². The van der Waals surface area contributed by atoms with Gasteiger partial charge in [-0.25, -0.2) is 8.78 Å². The first-order valence-electron chi connectivity index (χ1n) is 5.25. The van der Waals surface area contributed by atoms with Crippen LogP contribution in [-0.2, 0) is 4.79 Å². The van der Waals surface area contributed by atoms with E-state index in [4.69, 9.17) is 0 Å². The lowest BCUT2D eigenvalue weighted by Crippen LogP contribution is -2.41. The topological polar surface area (TPSA) is 29.1 Å². The molecule has 1 N–H and O–H groups in total. The third-order valence-electron chi connectivity index (χ3n) is 2.75. The highest BCUT2D eigenvalue weighted by Gasteiger charge is 2.45. The standard InChI is InChI=1S/C12H8F5NO/c1-5(19)7-2-6-3-8(13)9(14)4-10(6)18-11(7)12(15,16)17/h2-4,11,18H,1H3. The highest BCUT2D eigenvalue weighted by atomic mass is 19.4. The highest BCUT2D eigenvalue weighted by Crippen LogP contribution is 2.36. The Hall–Kier alpha value is -1.92. The summed E-state index contributed by atoms with van der Waals surface area (Å²) < 4.78 is 64.4. The van der Waals surface area contributed by atoms with Crippen molar-refractivity contribution in [2.45, 2.75) is 19.1 Å². The molecule has 0 amide bonds. The molecule has 1 aliphatic heterocycles. The molecule has 0 bridgehead atoms. The van der Waals surface area contributed by atoms with Crippen LogP contribution in [0, 0.1) is 11.6 Å². The minimum absolute atomic E-state index is 0.00426. The fourth-order valence-corrected chi connectivity index (χ4v) is 1.85. The van der Waals surface area contributed by atoms with E-state index in [-0.39, 0.29) is 11.3 Å². The van der Waals surface area contributed by atoms with Gasteiger partial charge in [-0.05, 0) is 19.1 Å². The van der Waals surface area contributed by atoms with Crippen LogP contribution in [0.15, 0.2) is 17.7 Å². The molecule has 1 atom stereocenters. The molecule has 0 saturated carbocycles. The largest absolute Gasteiger partial charge is 0.412 e. The summed E-state index contributed by atoms with van der Waals surface area (Å²) in [5.74, 6) is -3.23. The number of hydrogen-bond acceptors (Lipinski definition) is 2. The van der Waals surface area contributed by atoms with E-state index in [0.29, 0.717) is 6.07 Å². The van der Waals surface area contributed by atoms with Crippen molar-refractivity contribution in [3.8, 4) is 0 Å². The number of carbonyl (C=O) groups is 1. The molecule has 0 saturated heterocycles. The van der Waals surface area contributed by atoms with E-state index in [1.54, 1.807) is 0 Å². The van der Waals surface area contributed by atoms with E-state index >= 15 is 0 Å². The van der Waals surface area contributed by atoms with Crippen molar-refractivity contribution < 1.29 is 26.7 Å². The highest BCUT2D eigenvalue weighted by molar-refractivity contribution is 6.01. The van der Waals surface area contributed by atoms with Crippen molar-refractivity contribution in [1.82, 2.24) is 0 Å². The van der Waals surface area contributed by atoms with Gasteiger partial charge >= 0.3 is 6.18 Å². The first-order chi connectivity index (χ1) is 8.70. The Morgan fingerprint density at radius 1 is 1.21 bits per heavy atom. The quantitative estimate of drug-likeness (QED) is 0.798. The molecule has 0 aromatic heterocycles. The summed E-state index contributed by atoms with van der Waals surface area (Å²) in [7, 11) is 0. The second kappa shape index (κ2) is 4.32. The molecule has 2 rings (SSSR count). The van der Waals surface area contributed by atoms with E-state index in [2.05, 4.69) is 0 Å². The lowest BCUT2D eigenvalue weighted by atomic mass is 9.94. The summed E-state index contributed by atoms with van der Waals surface area (Å²) in [5, 5.41) is 2.02. The lowest BCUT2D eigenvalue weighted by Gasteiger charge is -2.28. The van der Waals surface area contributed by atoms with Crippen LogP contribution in [0.3, 0.4) is 0 Å². The monoisotopic (exact) mass is 277 g/mol. The smallest absolute Gasteiger partial charge is 0.370 e. The van der Waals surface area contributed by atoms with Crippen LogP contribution in [0.4, 0.5) is 27.6 Å². The second-order valence-electron chi connectivity index (χ2n) is 4.13. The number of Topliss-reactive ketones (excluding diaryl/α,β-unsaturated/α-hetero) is 1. The maximum absolute atomic E-state index is 13.0. The van der Waals surface area contributed by atoms with E-state index in [1.165, 1.54) is 0 Å². The van der Waals surface area contributed by atoms with Crippen molar-refractivity contribution >= 4 is 17.5 Å². The summed E-state index contributed by atoms with van der Waals surface area (Å²) in [6.45, 7) is 0.983. The Bertz CT molecular complexity index is 576. The summed E-state index contributed by atoms with van der Waals surface area (Å²) in [6.07, 6.45) is -3.78. The second-order valence-corrected chi connectivity index (χ2v) is 4.13. The van der Waals surface area contributed by atoms with Gasteiger partial charge in [0.1, 0.15) is 0 Å². The SMILES string of the molecule is CC(=O)C1=Cc2cc(F)c(F)cc2NC1C(F)(F)F. The molecule has 102 valence electrons. The van der Waals surface area contributed by atoms with Crippen LogP contribution in [-0.4, -0.2) is 18.0 Å². The van der Waals surface area contributed by atoms with E-state index in [1.807, 2.05) is 5.32 Å². The van der Waals surface area contributed by atoms with Gasteiger partial charge in [0.2, 0.25) is 0 Å². The van der Waals surface area contributed by atoms with Gasteiger partial charge in [-0.2, -0.15) is 13.2 Å². The molecular weight excluding hydrogens is 269 g/mol. The number of halogens is 5. The van der Waals surface area contributed by atoms with Crippen LogP contribution in [0.2, 0.25) is 0 Å². The predicted octanol–water partition coefficient (Wildman–Crippen LogP) is 3.29. The molecule has 2 nitrogen and oxygen atoms in total. The van der Waals surface area contributed by atoms with Gasteiger partial charge < -0.3 is 5.32 Å². The van der Waals surface area contributed by atoms with Crippen LogP contribution in [0.5, 0.6) is 0 Å². The molecule has 0 radical (unpaired) electrons. The Balaban J connectivity index is 2.57. The Morgan fingerprint density at radius 3 is 2.32 bits per heavy atom. The van der Waals surface area contributed by atoms with Crippen molar-refractivity contribution in [2.75, 3.05) is 5.32 Å². The normalized spacial score (nSPS) is 18.4. The molecule has 1 aromatic carbocycles. The van der Waals surface area contributed by atoms with E-state index < -0.39 is 35.2 Å². The number of nitrogens with one attached hydrogen (secondary N) is 1. The van der Waals surface area contributed by atoms with E-state index in [9.17, 15) is 26.7 Å². The molecule has 0 aliphatic carbocycles. The molecule has 1 unspecified atom stereocenters. The summed E-state index contributed by atoms with van der Waals surface area (Å²) in [5.41, 5.74) is -0.734. The number of ketones is 1. The van der Waals surface area contributed by atoms with Gasteiger partial charge in [0.05, 0.1) is 0 Å². The number of fused-ring (bicyclic) bond motifs is 1. The predicted molar refractivity (Wildman–Crippen MR) is 58.5 cm³/mol. The number of carbonyl (C=O) groups excluding carboxylic acids is 1.